The molecule has 0 spiro atoms. The predicted molar refractivity (Wildman–Crippen MR) is 108 cm³/mol. The number of nitrogens with one attached hydrogen (secondary N) is 1. The summed E-state index contributed by atoms with van der Waals surface area (Å²) in [7, 11) is 0. The van der Waals surface area contributed by atoms with Crippen molar-refractivity contribution in [2.75, 3.05) is 11.1 Å². The fourth-order valence-electron chi connectivity index (χ4n) is 2.29. The molecular formula is C19H12Cl2F3N3OS. The molecule has 29 heavy (non-hydrogen) atoms. The largest absolute Gasteiger partial charge is 0.416 e. The van der Waals surface area contributed by atoms with Gasteiger partial charge in [0.1, 0.15) is 5.03 Å². The van der Waals surface area contributed by atoms with Crippen molar-refractivity contribution in [3.63, 3.8) is 0 Å². The summed E-state index contributed by atoms with van der Waals surface area (Å²) in [6.07, 6.45) is -4.53. The van der Waals surface area contributed by atoms with Gasteiger partial charge in [0.2, 0.25) is 5.91 Å². The highest BCUT2D eigenvalue weighted by atomic mass is 35.5. The second-order valence-corrected chi connectivity index (χ2v) is 7.63. The number of carbonyl (C=O) groups excluding carboxylic acids is 1. The monoisotopic (exact) mass is 457 g/mol. The van der Waals surface area contributed by atoms with Crippen LogP contribution >= 0.6 is 35.0 Å². The van der Waals surface area contributed by atoms with Gasteiger partial charge in [-0.3, -0.25) is 4.79 Å². The number of halogens is 5. The van der Waals surface area contributed by atoms with Crippen LogP contribution in [0, 0.1) is 0 Å². The van der Waals surface area contributed by atoms with Crippen molar-refractivity contribution in [2.24, 2.45) is 0 Å². The van der Waals surface area contributed by atoms with Crippen LogP contribution in [0.3, 0.4) is 0 Å². The third kappa shape index (κ3) is 5.85. The second-order valence-electron chi connectivity index (χ2n) is 5.79. The Kier molecular flexibility index (Phi) is 6.66. The predicted octanol–water partition coefficient (Wildman–Crippen LogP) is 6.20. The van der Waals surface area contributed by atoms with Crippen molar-refractivity contribution >= 4 is 46.6 Å². The Morgan fingerprint density at radius 2 is 1.72 bits per heavy atom. The number of thioether (sulfide) groups is 1. The molecule has 1 amide bonds. The Bertz CT molecular complexity index is 1010. The minimum Gasteiger partial charge on any atom is -0.324 e. The lowest BCUT2D eigenvalue weighted by Crippen LogP contribution is -2.15. The van der Waals surface area contributed by atoms with Crippen molar-refractivity contribution in [3.8, 4) is 11.3 Å². The molecule has 3 rings (SSSR count). The maximum atomic E-state index is 12.8. The van der Waals surface area contributed by atoms with Crippen molar-refractivity contribution in [1.29, 1.82) is 0 Å². The smallest absolute Gasteiger partial charge is 0.324 e. The van der Waals surface area contributed by atoms with E-state index in [4.69, 9.17) is 23.2 Å². The highest BCUT2D eigenvalue weighted by molar-refractivity contribution is 7.99. The fraction of sp³-hybridized carbons (Fsp3) is 0.105. The van der Waals surface area contributed by atoms with Crippen LogP contribution < -0.4 is 5.32 Å². The first-order valence-corrected chi connectivity index (χ1v) is 9.85. The summed E-state index contributed by atoms with van der Waals surface area (Å²) >= 11 is 12.8. The Balaban J connectivity index is 1.60. The fourth-order valence-corrected chi connectivity index (χ4v) is 3.20. The van der Waals surface area contributed by atoms with Crippen molar-refractivity contribution in [2.45, 2.75) is 11.2 Å². The molecular weight excluding hydrogens is 446 g/mol. The van der Waals surface area contributed by atoms with E-state index < -0.39 is 17.6 Å². The zero-order valence-electron chi connectivity index (χ0n) is 14.5. The minimum absolute atomic E-state index is 0.0171. The number of rotatable bonds is 5. The van der Waals surface area contributed by atoms with Crippen LogP contribution in [-0.2, 0) is 11.0 Å². The number of nitrogens with zero attached hydrogens (tertiary/aromatic N) is 2. The first-order chi connectivity index (χ1) is 13.7. The Hall–Kier alpha value is -2.29. The molecule has 0 unspecified atom stereocenters. The van der Waals surface area contributed by atoms with Gasteiger partial charge in [-0.25, -0.2) is 0 Å². The maximum Gasteiger partial charge on any atom is 0.416 e. The highest BCUT2D eigenvalue weighted by Crippen LogP contribution is 2.34. The number of anilines is 1. The summed E-state index contributed by atoms with van der Waals surface area (Å²) in [6.45, 7) is 0. The number of hydrogen-bond acceptors (Lipinski definition) is 4. The number of amides is 1. The summed E-state index contributed by atoms with van der Waals surface area (Å²) in [6, 6.07) is 13.3. The third-order valence-electron chi connectivity index (χ3n) is 3.70. The van der Waals surface area contributed by atoms with Gasteiger partial charge < -0.3 is 5.32 Å². The van der Waals surface area contributed by atoms with Crippen LogP contribution in [0.15, 0.2) is 59.6 Å². The van der Waals surface area contributed by atoms with Crippen LogP contribution in [-0.4, -0.2) is 21.9 Å². The van der Waals surface area contributed by atoms with Crippen LogP contribution in [0.1, 0.15) is 5.56 Å². The Labute approximate surface area is 178 Å². The summed E-state index contributed by atoms with van der Waals surface area (Å²) < 4.78 is 38.4. The van der Waals surface area contributed by atoms with E-state index in [1.54, 1.807) is 24.3 Å². The van der Waals surface area contributed by atoms with E-state index in [0.717, 1.165) is 35.5 Å². The van der Waals surface area contributed by atoms with E-state index in [-0.39, 0.29) is 16.5 Å². The zero-order chi connectivity index (χ0) is 21.0. The van der Waals surface area contributed by atoms with Gasteiger partial charge >= 0.3 is 6.18 Å². The highest BCUT2D eigenvalue weighted by Gasteiger charge is 2.31. The molecule has 4 nitrogen and oxygen atoms in total. The summed E-state index contributed by atoms with van der Waals surface area (Å²) in [5.74, 6) is -0.582. The molecule has 0 atom stereocenters. The van der Waals surface area contributed by atoms with Crippen molar-refractivity contribution in [3.05, 3.63) is 70.2 Å². The molecule has 1 heterocycles. The number of carbonyl (C=O) groups is 1. The zero-order valence-corrected chi connectivity index (χ0v) is 16.8. The molecule has 0 saturated heterocycles. The first-order valence-electron chi connectivity index (χ1n) is 8.11. The quantitative estimate of drug-likeness (QED) is 0.463. The second kappa shape index (κ2) is 9.02. The van der Waals surface area contributed by atoms with E-state index in [1.165, 1.54) is 0 Å². The molecule has 0 aliphatic carbocycles. The normalized spacial score (nSPS) is 11.3. The first kappa shape index (κ1) is 21.4. The van der Waals surface area contributed by atoms with E-state index in [9.17, 15) is 18.0 Å². The van der Waals surface area contributed by atoms with E-state index in [0.29, 0.717) is 15.7 Å². The Morgan fingerprint density at radius 3 is 2.34 bits per heavy atom. The average molecular weight is 458 g/mol. The topological polar surface area (TPSA) is 54.9 Å². The molecule has 0 fully saturated rings. The molecule has 0 saturated carbocycles. The molecule has 0 aliphatic heterocycles. The minimum atomic E-state index is -4.53. The van der Waals surface area contributed by atoms with Crippen LogP contribution in [0.4, 0.5) is 18.9 Å². The standard InChI is InChI=1S/C19H12Cl2F3N3OS/c20-13-4-1-11(2-5-13)15-7-8-18(27-26-15)29-10-17(28)25-16-9-12(19(22,23)24)3-6-14(16)21/h1-9H,10H2,(H,25,28). The summed E-state index contributed by atoms with van der Waals surface area (Å²) in [5, 5.41) is 11.7. The Morgan fingerprint density at radius 1 is 1.00 bits per heavy atom. The molecule has 150 valence electrons. The van der Waals surface area contributed by atoms with Gasteiger partial charge in [-0.2, -0.15) is 13.2 Å². The molecule has 3 aromatic rings. The SMILES string of the molecule is O=C(CSc1ccc(-c2ccc(Cl)cc2)nn1)Nc1cc(C(F)(F)F)ccc1Cl. The van der Waals surface area contributed by atoms with Crippen LogP contribution in [0.5, 0.6) is 0 Å². The molecule has 0 bridgehead atoms. The summed E-state index contributed by atoms with van der Waals surface area (Å²) in [4.78, 5) is 12.1. The van der Waals surface area contributed by atoms with E-state index in [1.807, 2.05) is 12.1 Å². The lowest BCUT2D eigenvalue weighted by Gasteiger charge is -2.11. The van der Waals surface area contributed by atoms with Gasteiger partial charge in [0, 0.05) is 10.6 Å². The number of benzene rings is 2. The molecule has 1 aromatic heterocycles. The van der Waals surface area contributed by atoms with Gasteiger partial charge in [0.05, 0.1) is 27.7 Å². The van der Waals surface area contributed by atoms with Crippen molar-refractivity contribution in [1.82, 2.24) is 10.2 Å². The molecule has 0 radical (unpaired) electrons. The van der Waals surface area contributed by atoms with Crippen LogP contribution in [0.2, 0.25) is 10.0 Å². The van der Waals surface area contributed by atoms with Gasteiger partial charge in [0.15, 0.2) is 0 Å². The van der Waals surface area contributed by atoms with E-state index >= 15 is 0 Å². The van der Waals surface area contributed by atoms with Gasteiger partial charge in [-0.15, -0.1) is 10.2 Å². The lowest BCUT2D eigenvalue weighted by atomic mass is 10.1. The summed E-state index contributed by atoms with van der Waals surface area (Å²) in [5.41, 5.74) is 0.492. The van der Waals surface area contributed by atoms with Gasteiger partial charge in [0.25, 0.3) is 0 Å². The van der Waals surface area contributed by atoms with Crippen LogP contribution in [0.25, 0.3) is 11.3 Å². The number of alkyl halides is 3. The number of hydrogen-bond donors (Lipinski definition) is 1. The van der Waals surface area contributed by atoms with Gasteiger partial charge in [-0.1, -0.05) is 47.1 Å². The van der Waals surface area contributed by atoms with Crippen molar-refractivity contribution < 1.29 is 18.0 Å². The third-order valence-corrected chi connectivity index (χ3v) is 5.20. The molecule has 2 aromatic carbocycles. The molecule has 10 heteroatoms. The average Bonchev–Trinajstić information content (AvgIpc) is 2.68. The van der Waals surface area contributed by atoms with Gasteiger partial charge in [-0.05, 0) is 42.5 Å². The molecule has 0 aliphatic rings. The van der Waals surface area contributed by atoms with E-state index in [2.05, 4.69) is 15.5 Å². The lowest BCUT2D eigenvalue weighted by molar-refractivity contribution is -0.137. The maximum absolute atomic E-state index is 12.8. The number of aromatic nitrogens is 2. The molecule has 1 N–H and O–H groups in total.